The lowest BCUT2D eigenvalue weighted by molar-refractivity contribution is -0.137. The van der Waals surface area contributed by atoms with Crippen molar-refractivity contribution in [1.29, 1.82) is 0 Å². The van der Waals surface area contributed by atoms with Crippen molar-refractivity contribution in [3.05, 3.63) is 47.1 Å². The van der Waals surface area contributed by atoms with Crippen LogP contribution in [-0.2, 0) is 9.53 Å². The van der Waals surface area contributed by atoms with Gasteiger partial charge in [0.05, 0.1) is 12.1 Å². The van der Waals surface area contributed by atoms with Gasteiger partial charge in [0.15, 0.2) is 0 Å². The van der Waals surface area contributed by atoms with Crippen molar-refractivity contribution in [2.24, 2.45) is 0 Å². The second kappa shape index (κ2) is 5.65. The number of carbonyl (C=O) groups is 1. The SMILES string of the molecule is CCOC(=O)/C=C/c1ccc2nc(Cl)ccc2c1. The van der Waals surface area contributed by atoms with Crippen molar-refractivity contribution < 1.29 is 9.53 Å². The van der Waals surface area contributed by atoms with Gasteiger partial charge in [-0.25, -0.2) is 9.78 Å². The van der Waals surface area contributed by atoms with E-state index < -0.39 is 0 Å². The quantitative estimate of drug-likeness (QED) is 0.482. The van der Waals surface area contributed by atoms with Gasteiger partial charge in [-0.3, -0.25) is 0 Å². The van der Waals surface area contributed by atoms with Crippen LogP contribution in [0.25, 0.3) is 17.0 Å². The fraction of sp³-hybridized carbons (Fsp3) is 0.143. The number of benzene rings is 1. The standard InChI is InChI=1S/C14H12ClNO2/c1-2-18-14(17)8-4-10-3-6-12-11(9-10)5-7-13(15)16-12/h3-9H,2H2,1H3/b8-4+. The van der Waals surface area contributed by atoms with Crippen molar-refractivity contribution in [2.75, 3.05) is 6.61 Å². The first-order chi connectivity index (χ1) is 8.69. The van der Waals surface area contributed by atoms with Crippen molar-refractivity contribution >= 4 is 34.5 Å². The Labute approximate surface area is 110 Å². The molecular weight excluding hydrogens is 250 g/mol. The molecule has 18 heavy (non-hydrogen) atoms. The van der Waals surface area contributed by atoms with Gasteiger partial charge in [-0.2, -0.15) is 0 Å². The molecule has 0 fully saturated rings. The third-order valence-electron chi connectivity index (χ3n) is 2.38. The maximum atomic E-state index is 11.2. The Balaban J connectivity index is 2.25. The third kappa shape index (κ3) is 3.08. The lowest BCUT2D eigenvalue weighted by atomic mass is 10.1. The zero-order valence-electron chi connectivity index (χ0n) is 9.89. The summed E-state index contributed by atoms with van der Waals surface area (Å²) in [4.78, 5) is 15.4. The minimum Gasteiger partial charge on any atom is -0.463 e. The number of esters is 1. The van der Waals surface area contributed by atoms with Crippen LogP contribution in [-0.4, -0.2) is 17.6 Å². The van der Waals surface area contributed by atoms with Gasteiger partial charge < -0.3 is 4.74 Å². The molecule has 0 N–H and O–H groups in total. The molecule has 0 aliphatic carbocycles. The van der Waals surface area contributed by atoms with Crippen LogP contribution in [0.4, 0.5) is 0 Å². The minimum atomic E-state index is -0.341. The Kier molecular flexibility index (Phi) is 3.95. The monoisotopic (exact) mass is 261 g/mol. The van der Waals surface area contributed by atoms with E-state index in [0.717, 1.165) is 16.5 Å². The molecular formula is C14H12ClNO2. The van der Waals surface area contributed by atoms with E-state index in [1.54, 1.807) is 19.1 Å². The van der Waals surface area contributed by atoms with Crippen LogP contribution in [0.1, 0.15) is 12.5 Å². The highest BCUT2D eigenvalue weighted by atomic mass is 35.5. The van der Waals surface area contributed by atoms with Gasteiger partial charge in [0, 0.05) is 11.5 Å². The Hall–Kier alpha value is -1.87. The van der Waals surface area contributed by atoms with Crippen LogP contribution in [0.15, 0.2) is 36.4 Å². The van der Waals surface area contributed by atoms with Crippen molar-refractivity contribution in [1.82, 2.24) is 4.98 Å². The van der Waals surface area contributed by atoms with E-state index in [-0.39, 0.29) is 5.97 Å². The Bertz CT molecular complexity index is 608. The number of ether oxygens (including phenoxy) is 1. The van der Waals surface area contributed by atoms with E-state index in [1.165, 1.54) is 6.08 Å². The van der Waals surface area contributed by atoms with Crippen LogP contribution < -0.4 is 0 Å². The van der Waals surface area contributed by atoms with Gasteiger partial charge in [0.25, 0.3) is 0 Å². The number of rotatable bonds is 3. The van der Waals surface area contributed by atoms with E-state index in [0.29, 0.717) is 11.8 Å². The van der Waals surface area contributed by atoms with Crippen LogP contribution in [0.2, 0.25) is 5.15 Å². The Morgan fingerprint density at radius 1 is 1.39 bits per heavy atom. The molecule has 92 valence electrons. The van der Waals surface area contributed by atoms with Gasteiger partial charge in [0.2, 0.25) is 0 Å². The summed E-state index contributed by atoms with van der Waals surface area (Å²) in [5.74, 6) is -0.341. The lowest BCUT2D eigenvalue weighted by Crippen LogP contribution is -1.98. The Morgan fingerprint density at radius 2 is 2.22 bits per heavy atom. The smallest absolute Gasteiger partial charge is 0.330 e. The van der Waals surface area contributed by atoms with Gasteiger partial charge in [-0.05, 0) is 42.8 Å². The molecule has 0 unspecified atom stereocenters. The van der Waals surface area contributed by atoms with E-state index in [2.05, 4.69) is 4.98 Å². The average molecular weight is 262 g/mol. The maximum absolute atomic E-state index is 11.2. The number of halogens is 1. The summed E-state index contributed by atoms with van der Waals surface area (Å²) in [6.45, 7) is 2.15. The van der Waals surface area contributed by atoms with E-state index in [4.69, 9.17) is 16.3 Å². The molecule has 0 spiro atoms. The summed E-state index contributed by atoms with van der Waals surface area (Å²) in [5.41, 5.74) is 1.75. The van der Waals surface area contributed by atoms with Gasteiger partial charge in [-0.1, -0.05) is 17.7 Å². The van der Waals surface area contributed by atoms with Crippen molar-refractivity contribution in [3.8, 4) is 0 Å². The summed E-state index contributed by atoms with van der Waals surface area (Å²) in [6.07, 6.45) is 3.13. The maximum Gasteiger partial charge on any atom is 0.330 e. The Morgan fingerprint density at radius 3 is 3.00 bits per heavy atom. The zero-order valence-corrected chi connectivity index (χ0v) is 10.6. The normalized spacial score (nSPS) is 11.0. The molecule has 0 aliphatic rings. The average Bonchev–Trinajstić information content (AvgIpc) is 2.36. The second-order valence-electron chi connectivity index (χ2n) is 3.67. The number of nitrogens with zero attached hydrogens (tertiary/aromatic N) is 1. The molecule has 0 bridgehead atoms. The molecule has 3 nitrogen and oxygen atoms in total. The second-order valence-corrected chi connectivity index (χ2v) is 4.06. The van der Waals surface area contributed by atoms with Crippen LogP contribution >= 0.6 is 11.6 Å². The predicted molar refractivity (Wildman–Crippen MR) is 72.4 cm³/mol. The van der Waals surface area contributed by atoms with Gasteiger partial charge in [-0.15, -0.1) is 0 Å². The summed E-state index contributed by atoms with van der Waals surface area (Å²) in [7, 11) is 0. The van der Waals surface area contributed by atoms with E-state index in [9.17, 15) is 4.79 Å². The molecule has 2 rings (SSSR count). The molecule has 1 aromatic carbocycles. The highest BCUT2D eigenvalue weighted by molar-refractivity contribution is 6.29. The lowest BCUT2D eigenvalue weighted by Gasteiger charge is -2.00. The van der Waals surface area contributed by atoms with Crippen molar-refractivity contribution in [2.45, 2.75) is 6.92 Å². The zero-order chi connectivity index (χ0) is 13.0. The molecule has 0 radical (unpaired) electrons. The van der Waals surface area contributed by atoms with E-state index in [1.807, 2.05) is 24.3 Å². The number of pyridine rings is 1. The van der Waals surface area contributed by atoms with E-state index >= 15 is 0 Å². The van der Waals surface area contributed by atoms with Crippen LogP contribution in [0.5, 0.6) is 0 Å². The first kappa shape index (κ1) is 12.6. The molecule has 0 atom stereocenters. The summed E-state index contributed by atoms with van der Waals surface area (Å²) in [6, 6.07) is 9.32. The van der Waals surface area contributed by atoms with Crippen LogP contribution in [0.3, 0.4) is 0 Å². The number of fused-ring (bicyclic) bond motifs is 1. The number of aromatic nitrogens is 1. The summed E-state index contributed by atoms with van der Waals surface area (Å²) in [5, 5.41) is 1.45. The molecule has 0 amide bonds. The molecule has 4 heteroatoms. The first-order valence-corrected chi connectivity index (χ1v) is 5.98. The minimum absolute atomic E-state index is 0.341. The highest BCUT2D eigenvalue weighted by Crippen LogP contribution is 2.17. The molecule has 1 heterocycles. The number of hydrogen-bond donors (Lipinski definition) is 0. The fourth-order valence-electron chi connectivity index (χ4n) is 1.58. The van der Waals surface area contributed by atoms with Crippen molar-refractivity contribution in [3.63, 3.8) is 0 Å². The molecule has 0 aliphatic heterocycles. The molecule has 2 aromatic rings. The van der Waals surface area contributed by atoms with Gasteiger partial charge >= 0.3 is 5.97 Å². The number of carbonyl (C=O) groups excluding carboxylic acids is 1. The third-order valence-corrected chi connectivity index (χ3v) is 2.59. The summed E-state index contributed by atoms with van der Waals surface area (Å²) < 4.78 is 4.81. The van der Waals surface area contributed by atoms with Gasteiger partial charge in [0.1, 0.15) is 5.15 Å². The topological polar surface area (TPSA) is 39.2 Å². The largest absolute Gasteiger partial charge is 0.463 e. The predicted octanol–water partition coefficient (Wildman–Crippen LogP) is 3.46. The molecule has 1 aromatic heterocycles. The first-order valence-electron chi connectivity index (χ1n) is 5.60. The van der Waals surface area contributed by atoms with Crippen LogP contribution in [0, 0.1) is 0 Å². The summed E-state index contributed by atoms with van der Waals surface area (Å²) >= 11 is 5.81. The molecule has 0 saturated heterocycles. The molecule has 0 saturated carbocycles. The fourth-order valence-corrected chi connectivity index (χ4v) is 1.73. The number of hydrogen-bond acceptors (Lipinski definition) is 3. The highest BCUT2D eigenvalue weighted by Gasteiger charge is 1.98.